The number of hydrogen-bond donors (Lipinski definition) is 1. The summed E-state index contributed by atoms with van der Waals surface area (Å²) in [5, 5.41) is 2.85. The molecule has 2 rings (SSSR count). The van der Waals surface area contributed by atoms with E-state index in [0.717, 1.165) is 5.69 Å². The standard InChI is InChI=1S/C21H26N2O3/c1-15(2)17-5-9-19(10-6-17)23(16(3)24)14-13-22-21(25)18-7-11-20(26-4)12-8-18/h5-12,15H,13-14H2,1-4H3,(H,22,25). The minimum absolute atomic E-state index is 0.0546. The number of benzene rings is 2. The van der Waals surface area contributed by atoms with Crippen molar-refractivity contribution in [2.45, 2.75) is 26.7 Å². The summed E-state index contributed by atoms with van der Waals surface area (Å²) in [6.45, 7) is 6.58. The van der Waals surface area contributed by atoms with E-state index < -0.39 is 0 Å². The van der Waals surface area contributed by atoms with Crippen LogP contribution in [-0.2, 0) is 4.79 Å². The maximum atomic E-state index is 12.2. The van der Waals surface area contributed by atoms with Gasteiger partial charge in [-0.25, -0.2) is 0 Å². The number of rotatable bonds is 7. The van der Waals surface area contributed by atoms with Crippen LogP contribution in [0.15, 0.2) is 48.5 Å². The van der Waals surface area contributed by atoms with Crippen LogP contribution in [0, 0.1) is 0 Å². The van der Waals surface area contributed by atoms with Gasteiger partial charge in [0.2, 0.25) is 5.91 Å². The third-order valence-corrected chi connectivity index (χ3v) is 4.22. The number of methoxy groups -OCH3 is 1. The number of hydrogen-bond acceptors (Lipinski definition) is 3. The maximum Gasteiger partial charge on any atom is 0.251 e. The summed E-state index contributed by atoms with van der Waals surface area (Å²) in [6, 6.07) is 14.9. The molecule has 2 aromatic carbocycles. The van der Waals surface area contributed by atoms with E-state index in [9.17, 15) is 9.59 Å². The van der Waals surface area contributed by atoms with Crippen LogP contribution in [0.4, 0.5) is 5.69 Å². The van der Waals surface area contributed by atoms with E-state index in [-0.39, 0.29) is 11.8 Å². The first-order chi connectivity index (χ1) is 12.4. The second-order valence-electron chi connectivity index (χ2n) is 6.40. The molecule has 0 heterocycles. The van der Waals surface area contributed by atoms with Gasteiger partial charge in [-0.05, 0) is 47.9 Å². The van der Waals surface area contributed by atoms with Crippen LogP contribution in [0.25, 0.3) is 0 Å². The molecule has 5 nitrogen and oxygen atoms in total. The number of carbonyl (C=O) groups is 2. The molecule has 0 saturated heterocycles. The van der Waals surface area contributed by atoms with Crippen LogP contribution in [0.3, 0.4) is 0 Å². The molecule has 2 aromatic rings. The van der Waals surface area contributed by atoms with Crippen molar-refractivity contribution < 1.29 is 14.3 Å². The Morgan fingerprint density at radius 2 is 1.65 bits per heavy atom. The zero-order valence-electron chi connectivity index (χ0n) is 15.8. The highest BCUT2D eigenvalue weighted by atomic mass is 16.5. The van der Waals surface area contributed by atoms with Crippen molar-refractivity contribution in [2.24, 2.45) is 0 Å². The van der Waals surface area contributed by atoms with Gasteiger partial charge in [-0.1, -0.05) is 26.0 Å². The lowest BCUT2D eigenvalue weighted by Gasteiger charge is -2.22. The first-order valence-corrected chi connectivity index (χ1v) is 8.72. The summed E-state index contributed by atoms with van der Waals surface area (Å²) in [5.74, 6) is 0.917. The molecule has 0 atom stereocenters. The highest BCUT2D eigenvalue weighted by molar-refractivity contribution is 5.94. The lowest BCUT2D eigenvalue weighted by molar-refractivity contribution is -0.116. The Labute approximate surface area is 155 Å². The number of anilines is 1. The quantitative estimate of drug-likeness (QED) is 0.826. The molecule has 0 aliphatic carbocycles. The molecule has 0 aliphatic heterocycles. The van der Waals surface area contributed by atoms with Gasteiger partial charge in [-0.3, -0.25) is 9.59 Å². The number of nitrogens with zero attached hydrogens (tertiary/aromatic N) is 1. The normalized spacial score (nSPS) is 10.5. The summed E-state index contributed by atoms with van der Waals surface area (Å²) < 4.78 is 5.08. The van der Waals surface area contributed by atoms with Gasteiger partial charge in [0.15, 0.2) is 0 Å². The van der Waals surface area contributed by atoms with Gasteiger partial charge in [-0.15, -0.1) is 0 Å². The van der Waals surface area contributed by atoms with Gasteiger partial charge >= 0.3 is 0 Å². The van der Waals surface area contributed by atoms with Crippen LogP contribution < -0.4 is 15.0 Å². The monoisotopic (exact) mass is 354 g/mol. The van der Waals surface area contributed by atoms with Crippen molar-refractivity contribution in [3.05, 3.63) is 59.7 Å². The summed E-state index contributed by atoms with van der Waals surface area (Å²) in [4.78, 5) is 25.8. The van der Waals surface area contributed by atoms with Gasteiger partial charge < -0.3 is 15.0 Å². The molecule has 138 valence electrons. The Kier molecular flexibility index (Phi) is 6.78. The Balaban J connectivity index is 1.95. The van der Waals surface area contributed by atoms with E-state index in [4.69, 9.17) is 4.74 Å². The number of ether oxygens (including phenoxy) is 1. The Hall–Kier alpha value is -2.82. The van der Waals surface area contributed by atoms with Gasteiger partial charge in [0, 0.05) is 31.3 Å². The maximum absolute atomic E-state index is 12.2. The predicted molar refractivity (Wildman–Crippen MR) is 104 cm³/mol. The van der Waals surface area contributed by atoms with Gasteiger partial charge in [0.05, 0.1) is 7.11 Å². The van der Waals surface area contributed by atoms with Crippen molar-refractivity contribution in [2.75, 3.05) is 25.1 Å². The van der Waals surface area contributed by atoms with Crippen LogP contribution >= 0.6 is 0 Å². The first-order valence-electron chi connectivity index (χ1n) is 8.72. The minimum Gasteiger partial charge on any atom is -0.497 e. The average molecular weight is 354 g/mol. The SMILES string of the molecule is COc1ccc(C(=O)NCCN(C(C)=O)c2ccc(C(C)C)cc2)cc1. The lowest BCUT2D eigenvalue weighted by atomic mass is 10.0. The molecular formula is C21H26N2O3. The Bertz CT molecular complexity index is 737. The molecule has 0 unspecified atom stereocenters. The van der Waals surface area contributed by atoms with Gasteiger partial charge in [-0.2, -0.15) is 0 Å². The zero-order valence-corrected chi connectivity index (χ0v) is 15.8. The molecule has 0 spiro atoms. The van der Waals surface area contributed by atoms with Crippen molar-refractivity contribution in [1.29, 1.82) is 0 Å². The Morgan fingerprint density at radius 3 is 2.15 bits per heavy atom. The van der Waals surface area contributed by atoms with Crippen molar-refractivity contribution >= 4 is 17.5 Å². The van der Waals surface area contributed by atoms with Crippen LogP contribution in [0.5, 0.6) is 5.75 Å². The molecule has 0 saturated carbocycles. The summed E-state index contributed by atoms with van der Waals surface area (Å²) in [6.07, 6.45) is 0. The molecule has 0 radical (unpaired) electrons. The van der Waals surface area contributed by atoms with Crippen LogP contribution in [0.1, 0.15) is 42.6 Å². The molecular weight excluding hydrogens is 328 g/mol. The number of amides is 2. The molecule has 0 bridgehead atoms. The fraction of sp³-hybridized carbons (Fsp3) is 0.333. The second kappa shape index (κ2) is 9.04. The molecule has 2 amide bonds. The van der Waals surface area contributed by atoms with E-state index in [1.54, 1.807) is 36.3 Å². The molecule has 1 N–H and O–H groups in total. The van der Waals surface area contributed by atoms with Gasteiger partial charge in [0.1, 0.15) is 5.75 Å². The average Bonchev–Trinajstić information content (AvgIpc) is 2.65. The summed E-state index contributed by atoms with van der Waals surface area (Å²) in [7, 11) is 1.58. The zero-order chi connectivity index (χ0) is 19.1. The van der Waals surface area contributed by atoms with Crippen molar-refractivity contribution in [1.82, 2.24) is 5.32 Å². The van der Waals surface area contributed by atoms with E-state index >= 15 is 0 Å². The van der Waals surface area contributed by atoms with E-state index in [0.29, 0.717) is 30.3 Å². The number of carbonyl (C=O) groups excluding carboxylic acids is 2. The third-order valence-electron chi connectivity index (χ3n) is 4.22. The predicted octanol–water partition coefficient (Wildman–Crippen LogP) is 3.60. The topological polar surface area (TPSA) is 58.6 Å². The smallest absolute Gasteiger partial charge is 0.251 e. The molecule has 0 fully saturated rings. The first kappa shape index (κ1) is 19.5. The fourth-order valence-electron chi connectivity index (χ4n) is 2.63. The largest absolute Gasteiger partial charge is 0.497 e. The Morgan fingerprint density at radius 1 is 1.04 bits per heavy atom. The van der Waals surface area contributed by atoms with Crippen molar-refractivity contribution in [3.8, 4) is 5.75 Å². The molecule has 0 aliphatic rings. The van der Waals surface area contributed by atoms with E-state index in [2.05, 4.69) is 19.2 Å². The van der Waals surface area contributed by atoms with Crippen LogP contribution in [0.2, 0.25) is 0 Å². The molecule has 0 aromatic heterocycles. The minimum atomic E-state index is -0.175. The summed E-state index contributed by atoms with van der Waals surface area (Å²) >= 11 is 0. The highest BCUT2D eigenvalue weighted by Gasteiger charge is 2.13. The van der Waals surface area contributed by atoms with E-state index in [1.165, 1.54) is 12.5 Å². The van der Waals surface area contributed by atoms with Gasteiger partial charge in [0.25, 0.3) is 5.91 Å². The van der Waals surface area contributed by atoms with E-state index in [1.807, 2.05) is 24.3 Å². The fourth-order valence-corrected chi connectivity index (χ4v) is 2.63. The third kappa shape index (κ3) is 5.09. The second-order valence-corrected chi connectivity index (χ2v) is 6.40. The highest BCUT2D eigenvalue weighted by Crippen LogP contribution is 2.20. The van der Waals surface area contributed by atoms with Crippen LogP contribution in [-0.4, -0.2) is 32.0 Å². The summed E-state index contributed by atoms with van der Waals surface area (Å²) in [5.41, 5.74) is 2.62. The van der Waals surface area contributed by atoms with Crippen molar-refractivity contribution in [3.63, 3.8) is 0 Å². The number of nitrogens with one attached hydrogen (secondary N) is 1. The lowest BCUT2D eigenvalue weighted by Crippen LogP contribution is -2.37. The molecule has 26 heavy (non-hydrogen) atoms. The molecule has 5 heteroatoms.